The normalized spacial score (nSPS) is 12.8. The van der Waals surface area contributed by atoms with Crippen molar-refractivity contribution in [2.45, 2.75) is 45.1 Å². The van der Waals surface area contributed by atoms with Crippen molar-refractivity contribution < 1.29 is 24.6 Å². The number of ketones is 1. The van der Waals surface area contributed by atoms with Crippen molar-refractivity contribution >= 4 is 17.7 Å². The summed E-state index contributed by atoms with van der Waals surface area (Å²) in [5.74, 6) is -2.24. The highest BCUT2D eigenvalue weighted by Crippen LogP contribution is 2.23. The fourth-order valence-electron chi connectivity index (χ4n) is 3.20. The Morgan fingerprint density at radius 2 is 1.47 bits per heavy atom. The molecule has 0 saturated carbocycles. The molecule has 2 atom stereocenters. The van der Waals surface area contributed by atoms with Gasteiger partial charge in [-0.25, -0.2) is 0 Å². The van der Waals surface area contributed by atoms with Gasteiger partial charge in [-0.3, -0.25) is 14.4 Å². The van der Waals surface area contributed by atoms with Crippen LogP contribution in [0.2, 0.25) is 0 Å². The van der Waals surface area contributed by atoms with E-state index in [0.717, 1.165) is 16.7 Å². The molecule has 1 unspecified atom stereocenters. The maximum Gasteiger partial charge on any atom is 0.306 e. The van der Waals surface area contributed by atoms with Gasteiger partial charge >= 0.3 is 11.9 Å². The maximum absolute atomic E-state index is 12.8. The van der Waals surface area contributed by atoms with E-state index < -0.39 is 23.9 Å². The topological polar surface area (TPSA) is 104 Å². The Bertz CT molecular complexity index is 832. The van der Waals surface area contributed by atoms with Crippen LogP contribution in [0.4, 0.5) is 0 Å². The number of nitrogens with one attached hydrogen (secondary N) is 1. The highest BCUT2D eigenvalue weighted by molar-refractivity contribution is 5.85. The summed E-state index contributed by atoms with van der Waals surface area (Å²) >= 11 is 0. The summed E-state index contributed by atoms with van der Waals surface area (Å²) in [5.41, 5.74) is 2.95. The molecule has 6 heteroatoms. The molecule has 0 saturated heterocycles. The number of Topliss-reactive ketones (excluding diaryl/α,β-unsaturated/α-hetero) is 1. The summed E-state index contributed by atoms with van der Waals surface area (Å²) in [6.45, 7) is 2.04. The van der Waals surface area contributed by atoms with Crippen molar-refractivity contribution in [3.8, 4) is 11.1 Å². The molecule has 0 aliphatic rings. The average Bonchev–Trinajstić information content (AvgIpc) is 2.74. The molecular formula is C24H29NO5. The molecule has 2 aromatic carbocycles. The highest BCUT2D eigenvalue weighted by Gasteiger charge is 2.21. The second-order valence-corrected chi connectivity index (χ2v) is 7.47. The Labute approximate surface area is 176 Å². The second-order valence-electron chi connectivity index (χ2n) is 7.47. The fourth-order valence-corrected chi connectivity index (χ4v) is 3.20. The van der Waals surface area contributed by atoms with Gasteiger partial charge in [0.25, 0.3) is 0 Å². The molecule has 0 amide bonds. The first kappa shape index (κ1) is 23.3. The van der Waals surface area contributed by atoms with E-state index in [1.165, 1.54) is 0 Å². The summed E-state index contributed by atoms with van der Waals surface area (Å²) in [5, 5.41) is 21.0. The SMILES string of the molecule is C[C@H](CCNC(C(=O)CCCCC(=O)O)c1ccc(-c2ccccc2)cc1)C(=O)O. The first-order chi connectivity index (χ1) is 14.4. The fraction of sp³-hybridized carbons (Fsp3) is 0.375. The lowest BCUT2D eigenvalue weighted by molar-refractivity contribution is -0.141. The van der Waals surface area contributed by atoms with Gasteiger partial charge in [-0.1, -0.05) is 61.5 Å². The van der Waals surface area contributed by atoms with Crippen molar-refractivity contribution in [3.63, 3.8) is 0 Å². The number of carboxylic acids is 2. The molecule has 0 aliphatic carbocycles. The van der Waals surface area contributed by atoms with Crippen LogP contribution in [0.15, 0.2) is 54.6 Å². The molecule has 160 valence electrons. The monoisotopic (exact) mass is 411 g/mol. The van der Waals surface area contributed by atoms with Gasteiger partial charge in [-0.05, 0) is 42.5 Å². The van der Waals surface area contributed by atoms with Gasteiger partial charge in [0.05, 0.1) is 12.0 Å². The number of carbonyl (C=O) groups is 3. The minimum Gasteiger partial charge on any atom is -0.481 e. The van der Waals surface area contributed by atoms with Crippen molar-refractivity contribution in [2.75, 3.05) is 6.54 Å². The van der Waals surface area contributed by atoms with Crippen LogP contribution >= 0.6 is 0 Å². The van der Waals surface area contributed by atoms with Gasteiger partial charge in [0, 0.05) is 12.8 Å². The van der Waals surface area contributed by atoms with Gasteiger partial charge in [0.15, 0.2) is 5.78 Å². The maximum atomic E-state index is 12.8. The third-order valence-electron chi connectivity index (χ3n) is 5.08. The van der Waals surface area contributed by atoms with Crippen molar-refractivity contribution in [3.05, 3.63) is 60.2 Å². The molecule has 2 rings (SSSR count). The van der Waals surface area contributed by atoms with Crippen molar-refractivity contribution in [1.29, 1.82) is 0 Å². The lowest BCUT2D eigenvalue weighted by atomic mass is 9.95. The molecule has 0 spiro atoms. The number of aliphatic carboxylic acids is 2. The molecule has 0 aliphatic heterocycles. The summed E-state index contributed by atoms with van der Waals surface area (Å²) in [4.78, 5) is 34.5. The van der Waals surface area contributed by atoms with Gasteiger partial charge in [0.1, 0.15) is 0 Å². The first-order valence-electron chi connectivity index (χ1n) is 10.2. The van der Waals surface area contributed by atoms with Crippen LogP contribution in [0.25, 0.3) is 11.1 Å². The van der Waals surface area contributed by atoms with Gasteiger partial charge in [-0.2, -0.15) is 0 Å². The third-order valence-corrected chi connectivity index (χ3v) is 5.08. The Hall–Kier alpha value is -2.99. The summed E-state index contributed by atoms with van der Waals surface area (Å²) < 4.78 is 0. The Kier molecular flexibility index (Phi) is 9.22. The highest BCUT2D eigenvalue weighted by atomic mass is 16.4. The largest absolute Gasteiger partial charge is 0.481 e. The summed E-state index contributed by atoms with van der Waals surface area (Å²) in [7, 11) is 0. The minimum atomic E-state index is -0.865. The molecule has 2 aromatic rings. The van der Waals surface area contributed by atoms with Crippen molar-refractivity contribution in [1.82, 2.24) is 5.32 Å². The van der Waals surface area contributed by atoms with E-state index in [2.05, 4.69) is 5.32 Å². The molecule has 0 aromatic heterocycles. The van der Waals surface area contributed by atoms with E-state index in [9.17, 15) is 14.4 Å². The average molecular weight is 411 g/mol. The molecule has 0 bridgehead atoms. The molecule has 0 fully saturated rings. The lowest BCUT2D eigenvalue weighted by Crippen LogP contribution is -2.31. The molecular weight excluding hydrogens is 382 g/mol. The summed E-state index contributed by atoms with van der Waals surface area (Å²) in [6.07, 6.45) is 1.71. The van der Waals surface area contributed by atoms with Crippen LogP contribution in [0.3, 0.4) is 0 Å². The van der Waals surface area contributed by atoms with Crippen LogP contribution in [-0.4, -0.2) is 34.5 Å². The van der Waals surface area contributed by atoms with E-state index in [4.69, 9.17) is 10.2 Å². The van der Waals surface area contributed by atoms with Crippen LogP contribution in [-0.2, 0) is 14.4 Å². The molecule has 3 N–H and O–H groups in total. The summed E-state index contributed by atoms with van der Waals surface area (Å²) in [6, 6.07) is 17.2. The van der Waals surface area contributed by atoms with E-state index in [-0.39, 0.29) is 18.6 Å². The predicted molar refractivity (Wildman–Crippen MR) is 115 cm³/mol. The molecule has 30 heavy (non-hydrogen) atoms. The van der Waals surface area contributed by atoms with Gasteiger partial charge in [-0.15, -0.1) is 0 Å². The zero-order chi connectivity index (χ0) is 21.9. The third kappa shape index (κ3) is 7.44. The Morgan fingerprint density at radius 1 is 0.867 bits per heavy atom. The molecule has 0 radical (unpaired) electrons. The number of carboxylic acid groups (broad SMARTS) is 2. The number of hydrogen-bond donors (Lipinski definition) is 3. The van der Waals surface area contributed by atoms with E-state index in [0.29, 0.717) is 25.8 Å². The number of carbonyl (C=O) groups excluding carboxylic acids is 1. The van der Waals surface area contributed by atoms with Gasteiger partial charge < -0.3 is 15.5 Å². The zero-order valence-electron chi connectivity index (χ0n) is 17.2. The smallest absolute Gasteiger partial charge is 0.306 e. The number of hydrogen-bond acceptors (Lipinski definition) is 4. The zero-order valence-corrected chi connectivity index (χ0v) is 17.2. The quantitative estimate of drug-likeness (QED) is 0.424. The Balaban J connectivity index is 2.08. The second kappa shape index (κ2) is 11.9. The van der Waals surface area contributed by atoms with Crippen LogP contribution in [0.5, 0.6) is 0 Å². The van der Waals surface area contributed by atoms with Crippen LogP contribution in [0, 0.1) is 5.92 Å². The van der Waals surface area contributed by atoms with E-state index in [1.54, 1.807) is 6.92 Å². The van der Waals surface area contributed by atoms with Crippen LogP contribution < -0.4 is 5.32 Å². The number of unbranched alkanes of at least 4 members (excludes halogenated alkanes) is 1. The predicted octanol–water partition coefficient (Wildman–Crippen LogP) is 4.31. The number of rotatable bonds is 13. The van der Waals surface area contributed by atoms with E-state index in [1.807, 2.05) is 54.6 Å². The van der Waals surface area contributed by atoms with Crippen molar-refractivity contribution in [2.24, 2.45) is 5.92 Å². The standard InChI is InChI=1S/C24H29NO5/c1-17(24(29)30)15-16-25-23(21(26)9-5-6-10-22(27)28)20-13-11-19(12-14-20)18-7-3-2-4-8-18/h2-4,7-8,11-14,17,23,25H,5-6,9-10,15-16H2,1H3,(H,27,28)(H,29,30)/t17-,23?/m1/s1. The number of benzene rings is 2. The van der Waals surface area contributed by atoms with E-state index >= 15 is 0 Å². The lowest BCUT2D eigenvalue weighted by Gasteiger charge is -2.19. The molecule has 0 heterocycles. The van der Waals surface area contributed by atoms with Gasteiger partial charge in [0.2, 0.25) is 0 Å². The minimum absolute atomic E-state index is 0.0178. The van der Waals surface area contributed by atoms with Crippen LogP contribution in [0.1, 0.15) is 50.6 Å². The molecule has 6 nitrogen and oxygen atoms in total. The first-order valence-corrected chi connectivity index (χ1v) is 10.2. The Morgan fingerprint density at radius 3 is 2.07 bits per heavy atom.